The Kier molecular flexibility index (Phi) is 5.51. The average molecular weight is 178 g/mol. The standard InChI is InChI=1S/C8H15O.V/c1-7(2)8-3-5-9-6-4-8;/h3,7-8H,4-6H2,1-2H3;/q-1;. The molecule has 0 aromatic carbocycles. The zero-order chi connectivity index (χ0) is 6.69. The van der Waals surface area contributed by atoms with Crippen LogP contribution in [0.25, 0.3) is 0 Å². The quantitative estimate of drug-likeness (QED) is 0.557. The molecule has 1 saturated heterocycles. The van der Waals surface area contributed by atoms with E-state index in [9.17, 15) is 0 Å². The maximum atomic E-state index is 5.19. The Labute approximate surface area is 75.4 Å². The molecule has 1 radical (unpaired) electrons. The van der Waals surface area contributed by atoms with Gasteiger partial charge in [0, 0.05) is 25.2 Å². The summed E-state index contributed by atoms with van der Waals surface area (Å²) in [6.45, 7) is 6.36. The van der Waals surface area contributed by atoms with Crippen molar-refractivity contribution in [3.63, 3.8) is 0 Å². The van der Waals surface area contributed by atoms with Crippen LogP contribution in [0.4, 0.5) is 0 Å². The van der Waals surface area contributed by atoms with Crippen molar-refractivity contribution in [2.45, 2.75) is 20.3 Å². The van der Waals surface area contributed by atoms with Gasteiger partial charge in [-0.2, -0.15) is 5.92 Å². The third-order valence-corrected chi connectivity index (χ3v) is 1.97. The summed E-state index contributed by atoms with van der Waals surface area (Å²) >= 11 is 0. The molecule has 0 spiro atoms. The van der Waals surface area contributed by atoms with Gasteiger partial charge in [0.25, 0.3) is 0 Å². The summed E-state index contributed by atoms with van der Waals surface area (Å²) < 4.78 is 5.19. The summed E-state index contributed by atoms with van der Waals surface area (Å²) in [6, 6.07) is 0. The number of hydrogen-bond donors (Lipinski definition) is 0. The SMILES string of the molecule is CC(C)C1[CH-]COCC1.[V]. The molecule has 1 rings (SSSR count). The third kappa shape index (κ3) is 3.09. The van der Waals surface area contributed by atoms with Crippen LogP contribution in [0.3, 0.4) is 0 Å². The maximum Gasteiger partial charge on any atom is 0.0408 e. The van der Waals surface area contributed by atoms with Crippen LogP contribution in [0.2, 0.25) is 0 Å². The summed E-state index contributed by atoms with van der Waals surface area (Å²) in [6.07, 6.45) is 3.51. The fourth-order valence-corrected chi connectivity index (χ4v) is 1.22. The van der Waals surface area contributed by atoms with E-state index in [-0.39, 0.29) is 18.6 Å². The first kappa shape index (κ1) is 10.5. The Balaban J connectivity index is 0.000000810. The van der Waals surface area contributed by atoms with Gasteiger partial charge in [-0.25, -0.2) is 0 Å². The molecule has 10 heavy (non-hydrogen) atoms. The first-order valence-corrected chi connectivity index (χ1v) is 3.72. The predicted octanol–water partition coefficient (Wildman–Crippen LogP) is 1.88. The molecule has 1 heterocycles. The van der Waals surface area contributed by atoms with Gasteiger partial charge < -0.3 is 4.74 Å². The molecule has 0 N–H and O–H groups in total. The molecule has 0 bridgehead atoms. The van der Waals surface area contributed by atoms with Crippen molar-refractivity contribution in [2.24, 2.45) is 11.8 Å². The van der Waals surface area contributed by atoms with Crippen molar-refractivity contribution >= 4 is 0 Å². The van der Waals surface area contributed by atoms with Crippen LogP contribution in [0, 0.1) is 18.3 Å². The molecule has 1 aliphatic rings. The fraction of sp³-hybridized carbons (Fsp3) is 0.875. The van der Waals surface area contributed by atoms with Crippen LogP contribution in [0.15, 0.2) is 0 Å². The van der Waals surface area contributed by atoms with Crippen LogP contribution in [0.5, 0.6) is 0 Å². The largest absolute Gasteiger partial charge is 0.413 e. The van der Waals surface area contributed by atoms with Crippen molar-refractivity contribution in [2.75, 3.05) is 13.2 Å². The van der Waals surface area contributed by atoms with Gasteiger partial charge in [0.15, 0.2) is 0 Å². The van der Waals surface area contributed by atoms with Crippen molar-refractivity contribution in [1.29, 1.82) is 0 Å². The summed E-state index contributed by atoms with van der Waals surface area (Å²) in [7, 11) is 0. The van der Waals surface area contributed by atoms with Gasteiger partial charge in [-0.3, -0.25) is 6.42 Å². The summed E-state index contributed by atoms with van der Waals surface area (Å²) in [4.78, 5) is 0. The number of hydrogen-bond acceptors (Lipinski definition) is 1. The second-order valence-electron chi connectivity index (χ2n) is 3.01. The molecule has 59 valence electrons. The third-order valence-electron chi connectivity index (χ3n) is 1.97. The van der Waals surface area contributed by atoms with Crippen LogP contribution in [-0.2, 0) is 23.3 Å². The zero-order valence-corrected chi connectivity index (χ0v) is 8.11. The molecular weight excluding hydrogens is 163 g/mol. The molecule has 0 saturated carbocycles. The monoisotopic (exact) mass is 178 g/mol. The molecule has 1 nitrogen and oxygen atoms in total. The Morgan fingerprint density at radius 2 is 2.20 bits per heavy atom. The van der Waals surface area contributed by atoms with Gasteiger partial charge in [-0.05, 0) is 0 Å². The van der Waals surface area contributed by atoms with Crippen LogP contribution >= 0.6 is 0 Å². The summed E-state index contributed by atoms with van der Waals surface area (Å²) in [5.74, 6) is 1.60. The van der Waals surface area contributed by atoms with E-state index in [1.165, 1.54) is 6.42 Å². The van der Waals surface area contributed by atoms with Gasteiger partial charge in [0.05, 0.1) is 0 Å². The average Bonchev–Trinajstić information content (AvgIpc) is 1.90. The van der Waals surface area contributed by atoms with Crippen LogP contribution in [-0.4, -0.2) is 13.2 Å². The normalized spacial score (nSPS) is 26.1. The predicted molar refractivity (Wildman–Crippen MR) is 38.1 cm³/mol. The Hall–Kier alpha value is 0.544. The van der Waals surface area contributed by atoms with E-state index in [0.717, 1.165) is 25.0 Å². The molecule has 0 amide bonds. The zero-order valence-electron chi connectivity index (χ0n) is 6.71. The number of rotatable bonds is 1. The van der Waals surface area contributed by atoms with E-state index >= 15 is 0 Å². The summed E-state index contributed by atoms with van der Waals surface area (Å²) in [5, 5.41) is 0. The van der Waals surface area contributed by atoms with Gasteiger partial charge in [0.1, 0.15) is 0 Å². The van der Waals surface area contributed by atoms with E-state index < -0.39 is 0 Å². The smallest absolute Gasteiger partial charge is 0.0408 e. The number of ether oxygens (including phenoxy) is 1. The maximum absolute atomic E-state index is 5.19. The Morgan fingerprint density at radius 1 is 1.50 bits per heavy atom. The topological polar surface area (TPSA) is 9.23 Å². The molecule has 1 atom stereocenters. The van der Waals surface area contributed by atoms with Crippen molar-refractivity contribution < 1.29 is 23.3 Å². The van der Waals surface area contributed by atoms with E-state index in [2.05, 4.69) is 20.3 Å². The Morgan fingerprint density at radius 3 is 2.50 bits per heavy atom. The molecular formula is C8H15OV-. The van der Waals surface area contributed by atoms with Gasteiger partial charge in [-0.15, -0.1) is 0 Å². The molecule has 0 aromatic rings. The first-order chi connectivity index (χ1) is 4.30. The Bertz CT molecular complexity index is 77.3. The first-order valence-electron chi connectivity index (χ1n) is 3.72. The molecule has 0 aromatic heterocycles. The minimum atomic E-state index is 0. The minimum absolute atomic E-state index is 0. The van der Waals surface area contributed by atoms with Gasteiger partial charge in [-0.1, -0.05) is 32.8 Å². The fourth-order valence-electron chi connectivity index (χ4n) is 1.22. The molecule has 1 aliphatic heterocycles. The molecule has 1 unspecified atom stereocenters. The van der Waals surface area contributed by atoms with Crippen molar-refractivity contribution in [3.05, 3.63) is 6.42 Å². The van der Waals surface area contributed by atoms with Crippen LogP contribution < -0.4 is 0 Å². The molecule has 2 heteroatoms. The van der Waals surface area contributed by atoms with Crippen molar-refractivity contribution in [1.82, 2.24) is 0 Å². The second-order valence-corrected chi connectivity index (χ2v) is 3.01. The van der Waals surface area contributed by atoms with Gasteiger partial charge >= 0.3 is 0 Å². The van der Waals surface area contributed by atoms with E-state index in [1.54, 1.807) is 0 Å². The van der Waals surface area contributed by atoms with Gasteiger partial charge in [0.2, 0.25) is 0 Å². The summed E-state index contributed by atoms with van der Waals surface area (Å²) in [5.41, 5.74) is 0. The van der Waals surface area contributed by atoms with E-state index in [1.807, 2.05) is 0 Å². The minimum Gasteiger partial charge on any atom is -0.413 e. The van der Waals surface area contributed by atoms with Crippen LogP contribution in [0.1, 0.15) is 20.3 Å². The molecule has 1 fully saturated rings. The van der Waals surface area contributed by atoms with E-state index in [4.69, 9.17) is 4.74 Å². The van der Waals surface area contributed by atoms with Crippen molar-refractivity contribution in [3.8, 4) is 0 Å². The van der Waals surface area contributed by atoms with E-state index in [0.29, 0.717) is 0 Å². The molecule has 0 aliphatic carbocycles. The second kappa shape index (κ2) is 5.23.